The highest BCUT2D eigenvalue weighted by Crippen LogP contribution is 2.39. The molecule has 50 heavy (non-hydrogen) atoms. The lowest BCUT2D eigenvalue weighted by molar-refractivity contribution is 1.10. The monoisotopic (exact) mass is 659 g/mol. The van der Waals surface area contributed by atoms with Gasteiger partial charge in [0.25, 0.3) is 0 Å². The van der Waals surface area contributed by atoms with Crippen LogP contribution in [0.2, 0.25) is 19.1 Å². The lowest BCUT2D eigenvalue weighted by Crippen LogP contribution is -2.40. The number of hydrogen-bond acceptors (Lipinski definition) is 0. The number of fused-ring (bicyclic) bond motifs is 9. The van der Waals surface area contributed by atoms with Crippen LogP contribution in [0.25, 0.3) is 82.5 Å². The van der Waals surface area contributed by atoms with Gasteiger partial charge in [0.15, 0.2) is 0 Å². The van der Waals surface area contributed by atoms with Crippen molar-refractivity contribution in [2.24, 2.45) is 0 Å². The van der Waals surface area contributed by atoms with Crippen LogP contribution >= 0.6 is 0 Å². The molecular weight excluding hydrogens is 623 g/mol. The quantitative estimate of drug-likeness (QED) is 0.163. The number of nitrogens with zero attached hydrogens (tertiary/aromatic N) is 3. The van der Waals surface area contributed by atoms with Gasteiger partial charge in [-0.3, -0.25) is 0 Å². The summed E-state index contributed by atoms with van der Waals surface area (Å²) < 4.78 is 7.39. The first-order chi connectivity index (χ1) is 24.5. The summed E-state index contributed by atoms with van der Waals surface area (Å²) in [6, 6.07) is 59.8. The molecule has 0 bridgehead atoms. The minimum Gasteiger partial charge on any atom is -0.309 e. The predicted molar refractivity (Wildman–Crippen MR) is 217 cm³/mol. The van der Waals surface area contributed by atoms with E-state index >= 15 is 0 Å². The van der Waals surface area contributed by atoms with Crippen LogP contribution in [0.1, 0.15) is 6.92 Å². The van der Waals surface area contributed by atoms with Gasteiger partial charge in [-0.15, -0.1) is 0 Å². The fraction of sp³-hybridized carbons (Fsp3) is 0.0870. The third-order valence-electron chi connectivity index (χ3n) is 11.2. The highest BCUT2D eigenvalue weighted by molar-refractivity contribution is 6.89. The van der Waals surface area contributed by atoms with Crippen LogP contribution in [0, 0.1) is 0 Å². The van der Waals surface area contributed by atoms with Crippen LogP contribution in [-0.2, 0) is 0 Å². The summed E-state index contributed by atoms with van der Waals surface area (Å²) in [7, 11) is -1.54. The van der Waals surface area contributed by atoms with Gasteiger partial charge in [0, 0.05) is 32.3 Å². The number of rotatable bonds is 5. The maximum Gasteiger partial charge on any atom is 0.0803 e. The second-order valence-corrected chi connectivity index (χ2v) is 19.3. The number of hydrogen-bond donors (Lipinski definition) is 0. The maximum atomic E-state index is 2.49. The molecule has 10 aromatic rings. The Balaban J connectivity index is 1.35. The molecule has 0 saturated carbocycles. The third-order valence-corrected chi connectivity index (χ3v) is 14.8. The van der Waals surface area contributed by atoms with Gasteiger partial charge in [-0.1, -0.05) is 134 Å². The van der Waals surface area contributed by atoms with E-state index < -0.39 is 8.07 Å². The van der Waals surface area contributed by atoms with Crippen molar-refractivity contribution in [3.05, 3.63) is 158 Å². The minimum absolute atomic E-state index is 1.14. The molecule has 0 aliphatic heterocycles. The minimum atomic E-state index is -1.54. The molecule has 0 unspecified atom stereocenters. The molecule has 240 valence electrons. The van der Waals surface area contributed by atoms with Crippen LogP contribution in [0.4, 0.5) is 0 Å². The Bertz CT molecular complexity index is 2710. The topological polar surface area (TPSA) is 14.8 Å². The molecule has 0 fully saturated rings. The summed E-state index contributed by atoms with van der Waals surface area (Å²) in [5.41, 5.74) is 10.7. The van der Waals surface area contributed by atoms with Gasteiger partial charge in [-0.25, -0.2) is 0 Å². The Labute approximate surface area is 292 Å². The van der Waals surface area contributed by atoms with Gasteiger partial charge in [-0.2, -0.15) is 0 Å². The molecule has 0 N–H and O–H groups in total. The smallest absolute Gasteiger partial charge is 0.0803 e. The van der Waals surface area contributed by atoms with E-state index in [1.54, 1.807) is 0 Å². The van der Waals surface area contributed by atoms with Crippen molar-refractivity contribution < 1.29 is 0 Å². The molecule has 0 atom stereocenters. The molecule has 0 spiro atoms. The highest BCUT2D eigenvalue weighted by Gasteiger charge is 2.24. The molecule has 0 radical (unpaired) electrons. The van der Waals surface area contributed by atoms with Gasteiger partial charge >= 0.3 is 0 Å². The first-order valence-corrected chi connectivity index (χ1v) is 20.9. The predicted octanol–water partition coefficient (Wildman–Crippen LogP) is 11.9. The largest absolute Gasteiger partial charge is 0.309 e. The van der Waals surface area contributed by atoms with E-state index in [0.717, 1.165) is 17.1 Å². The number of aromatic nitrogens is 3. The van der Waals surface area contributed by atoms with E-state index in [1.165, 1.54) is 76.6 Å². The Morgan fingerprint density at radius 2 is 0.660 bits per heavy atom. The molecule has 0 aliphatic carbocycles. The van der Waals surface area contributed by atoms with E-state index in [1.807, 2.05) is 0 Å². The first-order valence-electron chi connectivity index (χ1n) is 17.7. The zero-order valence-electron chi connectivity index (χ0n) is 28.6. The molecule has 3 heterocycles. The average molecular weight is 660 g/mol. The van der Waals surface area contributed by atoms with Crippen LogP contribution in [0.15, 0.2) is 158 Å². The van der Waals surface area contributed by atoms with E-state index in [2.05, 4.69) is 191 Å². The summed E-state index contributed by atoms with van der Waals surface area (Å²) in [5, 5.41) is 9.19. The van der Waals surface area contributed by atoms with E-state index in [4.69, 9.17) is 0 Å². The molecule has 4 heteroatoms. The molecular formula is C46H37N3Si. The van der Waals surface area contributed by atoms with Gasteiger partial charge in [-0.05, 0) is 54.6 Å². The fourth-order valence-corrected chi connectivity index (χ4v) is 9.72. The summed E-state index contributed by atoms with van der Waals surface area (Å²) in [4.78, 5) is 0. The lowest BCUT2D eigenvalue weighted by atomic mass is 10.1. The van der Waals surface area contributed by atoms with Gasteiger partial charge in [0.2, 0.25) is 0 Å². The van der Waals surface area contributed by atoms with Crippen molar-refractivity contribution in [1.29, 1.82) is 0 Å². The standard InChI is InChI=1S/C46H37N3Si/c1-4-50(2,3)34-25-26-46-40(30-34)39-19-9-14-24-45(39)49(46)33-28-31(47-41-20-10-5-15-35(41)36-16-6-11-21-42(36)47)27-32(29-33)48-43-22-12-7-17-37(43)38-18-8-13-23-44(38)48/h5-30H,4H2,1-3H3. The molecule has 0 aliphatic rings. The number of benzene rings is 7. The van der Waals surface area contributed by atoms with E-state index in [-0.39, 0.29) is 0 Å². The zero-order valence-corrected chi connectivity index (χ0v) is 29.6. The number of para-hydroxylation sites is 5. The molecule has 3 aromatic heterocycles. The normalized spacial score (nSPS) is 12.4. The SMILES string of the molecule is CC[Si](C)(C)c1ccc2c(c1)c1ccccc1n2-c1cc(-n2c3ccccc3c3ccccc32)cc(-n2c3ccccc3c3ccccc32)c1. The van der Waals surface area contributed by atoms with Crippen LogP contribution in [-0.4, -0.2) is 21.8 Å². The Morgan fingerprint density at radius 1 is 0.360 bits per heavy atom. The summed E-state index contributed by atoms with van der Waals surface area (Å²) in [6.45, 7) is 7.32. The second kappa shape index (κ2) is 10.8. The molecule has 7 aromatic carbocycles. The zero-order chi connectivity index (χ0) is 33.6. The molecule has 0 amide bonds. The van der Waals surface area contributed by atoms with Gasteiger partial charge in [0.1, 0.15) is 0 Å². The van der Waals surface area contributed by atoms with Crippen LogP contribution < -0.4 is 5.19 Å². The Morgan fingerprint density at radius 3 is 1.00 bits per heavy atom. The van der Waals surface area contributed by atoms with Crippen LogP contribution in [0.3, 0.4) is 0 Å². The van der Waals surface area contributed by atoms with E-state index in [0.29, 0.717) is 0 Å². The third kappa shape index (κ3) is 4.15. The lowest BCUT2D eigenvalue weighted by Gasteiger charge is -2.21. The van der Waals surface area contributed by atoms with Gasteiger partial charge in [0.05, 0.1) is 58.2 Å². The van der Waals surface area contributed by atoms with Gasteiger partial charge < -0.3 is 13.7 Å². The average Bonchev–Trinajstić information content (AvgIpc) is 3.80. The van der Waals surface area contributed by atoms with E-state index in [9.17, 15) is 0 Å². The maximum absolute atomic E-state index is 2.49. The second-order valence-electron chi connectivity index (χ2n) is 14.3. The van der Waals surface area contributed by atoms with Crippen molar-refractivity contribution in [3.63, 3.8) is 0 Å². The van der Waals surface area contributed by atoms with Crippen LogP contribution in [0.5, 0.6) is 0 Å². The molecule has 3 nitrogen and oxygen atoms in total. The fourth-order valence-electron chi connectivity index (χ4n) is 8.24. The van der Waals surface area contributed by atoms with Crippen molar-refractivity contribution in [1.82, 2.24) is 13.7 Å². The summed E-state index contributed by atoms with van der Waals surface area (Å²) >= 11 is 0. The van der Waals surface area contributed by atoms with Crippen molar-refractivity contribution >= 4 is 78.7 Å². The molecule has 10 rings (SSSR count). The summed E-state index contributed by atoms with van der Waals surface area (Å²) in [5.74, 6) is 0. The van der Waals surface area contributed by atoms with Crippen molar-refractivity contribution in [3.8, 4) is 17.1 Å². The Kier molecular flexibility index (Phi) is 6.30. The summed E-state index contributed by atoms with van der Waals surface area (Å²) in [6.07, 6.45) is 0. The van der Waals surface area contributed by atoms with Crippen molar-refractivity contribution in [2.75, 3.05) is 0 Å². The van der Waals surface area contributed by atoms with Crippen molar-refractivity contribution in [2.45, 2.75) is 26.1 Å². The first kappa shape index (κ1) is 29.1. The highest BCUT2D eigenvalue weighted by atomic mass is 28.3. The molecule has 0 saturated heterocycles. The Hall–Kier alpha value is -5.84.